The summed E-state index contributed by atoms with van der Waals surface area (Å²) in [6.45, 7) is 2.59. The molecule has 27 heavy (non-hydrogen) atoms. The molecular formula is C20H25N3O4. The second-order valence-corrected chi connectivity index (χ2v) is 6.48. The molecule has 0 fully saturated rings. The van der Waals surface area contributed by atoms with Crippen LogP contribution in [-0.4, -0.2) is 50.1 Å². The number of methoxy groups -OCH3 is 1. The van der Waals surface area contributed by atoms with Crippen molar-refractivity contribution in [3.8, 4) is 0 Å². The highest BCUT2D eigenvalue weighted by Crippen LogP contribution is 2.27. The van der Waals surface area contributed by atoms with Crippen molar-refractivity contribution < 1.29 is 18.7 Å². The Morgan fingerprint density at radius 1 is 1.15 bits per heavy atom. The molecule has 0 aliphatic carbocycles. The molecule has 7 nitrogen and oxygen atoms in total. The minimum atomic E-state index is -0.658. The normalized spacial score (nSPS) is 15.0. The molecule has 2 amide bonds. The number of rotatable bonds is 7. The van der Waals surface area contributed by atoms with Gasteiger partial charge in [0.1, 0.15) is 5.76 Å². The van der Waals surface area contributed by atoms with Crippen LogP contribution < -0.4 is 10.6 Å². The van der Waals surface area contributed by atoms with Gasteiger partial charge in [0.25, 0.3) is 0 Å². The Morgan fingerprint density at radius 2 is 1.93 bits per heavy atom. The van der Waals surface area contributed by atoms with Crippen LogP contribution in [-0.2, 0) is 27.3 Å². The number of hydrogen-bond donors (Lipinski definition) is 2. The van der Waals surface area contributed by atoms with E-state index in [-0.39, 0.29) is 6.04 Å². The third kappa shape index (κ3) is 4.96. The Hall–Kier alpha value is -2.64. The molecule has 144 valence electrons. The predicted molar refractivity (Wildman–Crippen MR) is 99.9 cm³/mol. The molecule has 0 saturated heterocycles. The van der Waals surface area contributed by atoms with Gasteiger partial charge in [0.15, 0.2) is 0 Å². The summed E-state index contributed by atoms with van der Waals surface area (Å²) in [5.41, 5.74) is 2.64. The lowest BCUT2D eigenvalue weighted by atomic mass is 9.98. The maximum Gasteiger partial charge on any atom is 0.309 e. The first-order valence-corrected chi connectivity index (χ1v) is 9.08. The van der Waals surface area contributed by atoms with Crippen LogP contribution in [0.4, 0.5) is 0 Å². The van der Waals surface area contributed by atoms with Gasteiger partial charge in [-0.1, -0.05) is 24.3 Å². The summed E-state index contributed by atoms with van der Waals surface area (Å²) < 4.78 is 10.5. The molecule has 0 saturated carbocycles. The van der Waals surface area contributed by atoms with Gasteiger partial charge >= 0.3 is 11.8 Å². The molecule has 1 aliphatic heterocycles. The van der Waals surface area contributed by atoms with Crippen LogP contribution in [0.1, 0.15) is 22.9 Å². The van der Waals surface area contributed by atoms with Crippen molar-refractivity contribution in [2.45, 2.75) is 19.0 Å². The van der Waals surface area contributed by atoms with Crippen molar-refractivity contribution >= 4 is 11.8 Å². The van der Waals surface area contributed by atoms with E-state index < -0.39 is 11.8 Å². The van der Waals surface area contributed by atoms with Gasteiger partial charge < -0.3 is 19.8 Å². The molecule has 0 bridgehead atoms. The summed E-state index contributed by atoms with van der Waals surface area (Å²) in [6.07, 6.45) is 2.57. The minimum absolute atomic E-state index is 0.135. The Bertz CT molecular complexity index is 760. The van der Waals surface area contributed by atoms with Gasteiger partial charge in [0.05, 0.1) is 18.9 Å². The van der Waals surface area contributed by atoms with Crippen molar-refractivity contribution in [3.05, 3.63) is 59.5 Å². The number of nitrogens with zero attached hydrogens (tertiary/aromatic N) is 1. The molecule has 2 N–H and O–H groups in total. The Morgan fingerprint density at radius 3 is 2.67 bits per heavy atom. The number of amides is 2. The molecule has 3 rings (SSSR count). The number of furan rings is 1. The molecule has 0 spiro atoms. The number of carbonyl (C=O) groups excluding carboxylic acids is 2. The molecule has 0 radical (unpaired) electrons. The van der Waals surface area contributed by atoms with Gasteiger partial charge in [-0.3, -0.25) is 14.5 Å². The third-order valence-corrected chi connectivity index (χ3v) is 4.73. The predicted octanol–water partition coefficient (Wildman–Crippen LogP) is 1.26. The second-order valence-electron chi connectivity index (χ2n) is 6.48. The van der Waals surface area contributed by atoms with Crippen molar-refractivity contribution in [2.24, 2.45) is 0 Å². The van der Waals surface area contributed by atoms with E-state index in [1.807, 2.05) is 18.2 Å². The summed E-state index contributed by atoms with van der Waals surface area (Å²) in [4.78, 5) is 26.2. The van der Waals surface area contributed by atoms with E-state index in [1.165, 1.54) is 18.2 Å². The van der Waals surface area contributed by atoms with E-state index in [1.54, 1.807) is 6.26 Å². The smallest absolute Gasteiger partial charge is 0.309 e. The fourth-order valence-corrected chi connectivity index (χ4v) is 3.29. The number of ether oxygens (including phenoxy) is 1. The number of nitrogens with one attached hydrogen (secondary N) is 2. The van der Waals surface area contributed by atoms with Gasteiger partial charge in [-0.2, -0.15) is 0 Å². The van der Waals surface area contributed by atoms with Crippen molar-refractivity contribution in [1.82, 2.24) is 15.5 Å². The first-order chi connectivity index (χ1) is 13.2. The second kappa shape index (κ2) is 9.34. The standard InChI is InChI=1S/C20H25N3O4/c1-26-12-9-21-19(24)20(25)22-13-17(18-7-4-11-27-18)23-10-8-15-5-2-3-6-16(15)14-23/h2-7,11,17H,8-10,12-14H2,1H3,(H,21,24)(H,22,25)/t17-/m1/s1. The molecule has 2 aromatic rings. The molecule has 1 aromatic heterocycles. The van der Waals surface area contributed by atoms with Crippen LogP contribution in [0.2, 0.25) is 0 Å². The molecular weight excluding hydrogens is 346 g/mol. The monoisotopic (exact) mass is 371 g/mol. The Kier molecular flexibility index (Phi) is 6.62. The van der Waals surface area contributed by atoms with E-state index in [0.717, 1.165) is 25.3 Å². The maximum atomic E-state index is 12.1. The quantitative estimate of drug-likeness (QED) is 0.565. The number of fused-ring (bicyclic) bond motifs is 1. The molecule has 2 heterocycles. The Balaban J connectivity index is 1.63. The van der Waals surface area contributed by atoms with Gasteiger partial charge in [-0.25, -0.2) is 0 Å². The van der Waals surface area contributed by atoms with Crippen LogP contribution in [0.15, 0.2) is 47.1 Å². The van der Waals surface area contributed by atoms with Crippen LogP contribution in [0.5, 0.6) is 0 Å². The fourth-order valence-electron chi connectivity index (χ4n) is 3.29. The van der Waals surface area contributed by atoms with Gasteiger partial charge in [0, 0.05) is 33.3 Å². The van der Waals surface area contributed by atoms with E-state index in [9.17, 15) is 9.59 Å². The first-order valence-electron chi connectivity index (χ1n) is 9.08. The fraction of sp³-hybridized carbons (Fsp3) is 0.400. The van der Waals surface area contributed by atoms with Gasteiger partial charge in [-0.05, 0) is 29.7 Å². The zero-order valence-corrected chi connectivity index (χ0v) is 15.4. The maximum absolute atomic E-state index is 12.1. The van der Waals surface area contributed by atoms with Crippen molar-refractivity contribution in [2.75, 3.05) is 33.4 Å². The molecule has 7 heteroatoms. The lowest BCUT2D eigenvalue weighted by molar-refractivity contribution is -0.139. The SMILES string of the molecule is COCCNC(=O)C(=O)NC[C@H](c1ccco1)N1CCc2ccccc2C1. The molecule has 1 atom stereocenters. The van der Waals surface area contributed by atoms with Crippen LogP contribution in [0.3, 0.4) is 0 Å². The minimum Gasteiger partial charge on any atom is -0.468 e. The number of carbonyl (C=O) groups is 2. The average molecular weight is 371 g/mol. The van der Waals surface area contributed by atoms with Gasteiger partial charge in [-0.15, -0.1) is 0 Å². The topological polar surface area (TPSA) is 83.8 Å². The zero-order valence-electron chi connectivity index (χ0n) is 15.4. The van der Waals surface area contributed by atoms with Gasteiger partial charge in [0.2, 0.25) is 0 Å². The van der Waals surface area contributed by atoms with E-state index in [2.05, 4.69) is 33.7 Å². The highest BCUT2D eigenvalue weighted by molar-refractivity contribution is 6.35. The lowest BCUT2D eigenvalue weighted by Crippen LogP contribution is -2.45. The zero-order chi connectivity index (χ0) is 19.1. The summed E-state index contributed by atoms with van der Waals surface area (Å²) >= 11 is 0. The number of hydrogen-bond acceptors (Lipinski definition) is 5. The molecule has 1 aromatic carbocycles. The highest BCUT2D eigenvalue weighted by Gasteiger charge is 2.27. The van der Waals surface area contributed by atoms with E-state index >= 15 is 0 Å². The van der Waals surface area contributed by atoms with Crippen molar-refractivity contribution in [1.29, 1.82) is 0 Å². The van der Waals surface area contributed by atoms with E-state index in [4.69, 9.17) is 9.15 Å². The Labute approximate surface area is 158 Å². The third-order valence-electron chi connectivity index (χ3n) is 4.73. The summed E-state index contributed by atoms with van der Waals surface area (Å²) in [5.74, 6) is -0.538. The largest absolute Gasteiger partial charge is 0.468 e. The van der Waals surface area contributed by atoms with E-state index in [0.29, 0.717) is 19.7 Å². The molecule has 1 aliphatic rings. The van der Waals surface area contributed by atoms with Crippen LogP contribution in [0.25, 0.3) is 0 Å². The summed E-state index contributed by atoms with van der Waals surface area (Å²) in [7, 11) is 1.54. The van der Waals surface area contributed by atoms with Crippen LogP contribution >= 0.6 is 0 Å². The lowest BCUT2D eigenvalue weighted by Gasteiger charge is -2.34. The van der Waals surface area contributed by atoms with Crippen molar-refractivity contribution in [3.63, 3.8) is 0 Å². The highest BCUT2D eigenvalue weighted by atomic mass is 16.5. The molecule has 0 unspecified atom stereocenters. The summed E-state index contributed by atoms with van der Waals surface area (Å²) in [5, 5.41) is 5.25. The summed E-state index contributed by atoms with van der Waals surface area (Å²) in [6, 6.07) is 12.0. The number of benzene rings is 1. The average Bonchev–Trinajstić information content (AvgIpc) is 3.22. The first kappa shape index (κ1) is 19.1. The van der Waals surface area contributed by atoms with Crippen LogP contribution in [0, 0.1) is 0 Å².